The first kappa shape index (κ1) is 10.9. The van der Waals surface area contributed by atoms with E-state index in [1.54, 1.807) is 0 Å². The van der Waals surface area contributed by atoms with E-state index in [-0.39, 0.29) is 0 Å². The Balaban J connectivity index is 3.87. The van der Waals surface area contributed by atoms with Gasteiger partial charge in [-0.05, 0) is 18.4 Å². The molecule has 1 unspecified atom stereocenters. The second-order valence-corrected chi connectivity index (χ2v) is 2.77. The van der Waals surface area contributed by atoms with Crippen LogP contribution in [0.25, 0.3) is 0 Å². The van der Waals surface area contributed by atoms with Crippen molar-refractivity contribution in [3.63, 3.8) is 0 Å². The average Bonchev–Trinajstić information content (AvgIpc) is 2.10. The van der Waals surface area contributed by atoms with Crippen molar-refractivity contribution in [1.82, 2.24) is 0 Å². The molecule has 1 atom stereocenters. The summed E-state index contributed by atoms with van der Waals surface area (Å²) in [5.41, 5.74) is 2.65. The number of aliphatic hydroxyl groups is 1. The molecule has 0 aromatic heterocycles. The first-order chi connectivity index (χ1) is 5.85. The van der Waals surface area contributed by atoms with Gasteiger partial charge in [0.1, 0.15) is 6.26 Å². The van der Waals surface area contributed by atoms with E-state index in [1.165, 1.54) is 12.8 Å². The molecule has 0 fully saturated rings. The maximum atomic E-state index is 8.39. The summed E-state index contributed by atoms with van der Waals surface area (Å²) in [7, 11) is 0. The maximum Gasteiger partial charge on any atom is 0.121 e. The van der Waals surface area contributed by atoms with Gasteiger partial charge in [-0.2, -0.15) is 0 Å². The van der Waals surface area contributed by atoms with Crippen LogP contribution in [0.2, 0.25) is 0 Å². The van der Waals surface area contributed by atoms with Gasteiger partial charge < -0.3 is 5.11 Å². The lowest BCUT2D eigenvalue weighted by molar-refractivity contribution is 0.473. The zero-order valence-electron chi connectivity index (χ0n) is 7.59. The molecule has 0 aromatic rings. The summed E-state index contributed by atoms with van der Waals surface area (Å²) in [5.74, 6) is 2.99. The molecule has 12 heavy (non-hydrogen) atoms. The minimum atomic E-state index is 0.373. The zero-order chi connectivity index (χ0) is 9.23. The highest BCUT2D eigenvalue weighted by atomic mass is 16.2. The van der Waals surface area contributed by atoms with E-state index in [1.807, 2.05) is 6.08 Å². The standard InChI is InChI=1S/C11H16O/c1-3-5-8-11(7-4-2)9-6-10-12/h2,9-12H,3,5,7-8H2,1H3. The van der Waals surface area contributed by atoms with Gasteiger partial charge in [0.25, 0.3) is 0 Å². The summed E-state index contributed by atoms with van der Waals surface area (Å²) in [6.45, 7) is 2.15. The fourth-order valence-electron chi connectivity index (χ4n) is 1.04. The van der Waals surface area contributed by atoms with Crippen LogP contribution >= 0.6 is 0 Å². The highest BCUT2D eigenvalue weighted by molar-refractivity contribution is 4.95. The molecule has 0 aliphatic carbocycles. The van der Waals surface area contributed by atoms with E-state index in [0.29, 0.717) is 5.92 Å². The second kappa shape index (κ2) is 7.98. The van der Waals surface area contributed by atoms with Gasteiger partial charge in [0.15, 0.2) is 0 Å². The molecule has 1 nitrogen and oxygen atoms in total. The van der Waals surface area contributed by atoms with Gasteiger partial charge in [0.05, 0.1) is 0 Å². The molecule has 66 valence electrons. The summed E-state index contributed by atoms with van der Waals surface area (Å²) in [6, 6.07) is 0. The number of terminal acetylenes is 1. The van der Waals surface area contributed by atoms with Crippen molar-refractivity contribution in [2.75, 3.05) is 0 Å². The normalized spacial score (nSPS) is 11.0. The Bertz CT molecular complexity index is 192. The average molecular weight is 164 g/mol. The predicted molar refractivity (Wildman–Crippen MR) is 51.7 cm³/mol. The minimum absolute atomic E-state index is 0.373. The van der Waals surface area contributed by atoms with Crippen molar-refractivity contribution in [1.29, 1.82) is 0 Å². The lowest BCUT2D eigenvalue weighted by atomic mass is 9.99. The third-order valence-corrected chi connectivity index (χ3v) is 1.71. The molecule has 0 radical (unpaired) electrons. The summed E-state index contributed by atoms with van der Waals surface area (Å²) in [6.07, 6.45) is 12.1. The van der Waals surface area contributed by atoms with Crippen LogP contribution in [0.5, 0.6) is 0 Å². The molecule has 0 heterocycles. The van der Waals surface area contributed by atoms with Crippen LogP contribution in [-0.4, -0.2) is 5.11 Å². The predicted octanol–water partition coefficient (Wildman–Crippen LogP) is 3.04. The van der Waals surface area contributed by atoms with Crippen LogP contribution in [0.3, 0.4) is 0 Å². The molecule has 0 aromatic carbocycles. The quantitative estimate of drug-likeness (QED) is 0.376. The smallest absolute Gasteiger partial charge is 0.121 e. The van der Waals surface area contributed by atoms with E-state index in [2.05, 4.69) is 18.6 Å². The Morgan fingerprint density at radius 1 is 1.58 bits per heavy atom. The van der Waals surface area contributed by atoms with Crippen LogP contribution in [0.15, 0.2) is 18.1 Å². The molecular weight excluding hydrogens is 148 g/mol. The van der Waals surface area contributed by atoms with Crippen molar-refractivity contribution in [2.24, 2.45) is 5.92 Å². The van der Waals surface area contributed by atoms with Gasteiger partial charge in [-0.1, -0.05) is 25.5 Å². The highest BCUT2D eigenvalue weighted by Gasteiger charge is 2.00. The molecule has 0 amide bonds. The van der Waals surface area contributed by atoms with Gasteiger partial charge in [-0.15, -0.1) is 12.3 Å². The van der Waals surface area contributed by atoms with Crippen LogP contribution < -0.4 is 0 Å². The molecule has 1 heteroatoms. The minimum Gasteiger partial charge on any atom is -0.507 e. The second-order valence-electron chi connectivity index (χ2n) is 2.77. The van der Waals surface area contributed by atoms with Gasteiger partial charge in [0, 0.05) is 6.42 Å². The van der Waals surface area contributed by atoms with Gasteiger partial charge in [-0.25, -0.2) is 0 Å². The SMILES string of the molecule is C#CCC(C=C=CO)CCCC. The zero-order valence-corrected chi connectivity index (χ0v) is 7.59. The molecule has 0 aliphatic heterocycles. The Kier molecular flexibility index (Phi) is 7.24. The lowest BCUT2D eigenvalue weighted by Crippen LogP contribution is -1.93. The van der Waals surface area contributed by atoms with Crippen LogP contribution in [0.4, 0.5) is 0 Å². The van der Waals surface area contributed by atoms with E-state index in [9.17, 15) is 0 Å². The van der Waals surface area contributed by atoms with Crippen LogP contribution in [0, 0.1) is 18.3 Å². The summed E-state index contributed by atoms with van der Waals surface area (Å²) in [4.78, 5) is 0. The van der Waals surface area contributed by atoms with Crippen molar-refractivity contribution >= 4 is 0 Å². The lowest BCUT2D eigenvalue weighted by Gasteiger charge is -2.05. The number of hydrogen-bond acceptors (Lipinski definition) is 1. The molecular formula is C11H16O. The molecule has 0 spiro atoms. The summed E-state index contributed by atoms with van der Waals surface area (Å²) >= 11 is 0. The van der Waals surface area contributed by atoms with E-state index in [0.717, 1.165) is 19.1 Å². The molecule has 0 aliphatic rings. The Labute approximate surface area is 74.8 Å². The first-order valence-corrected chi connectivity index (χ1v) is 4.33. The number of hydrogen-bond donors (Lipinski definition) is 1. The molecule has 1 N–H and O–H groups in total. The number of allylic oxidation sites excluding steroid dienone is 1. The fraction of sp³-hybridized carbons (Fsp3) is 0.545. The van der Waals surface area contributed by atoms with Crippen LogP contribution in [-0.2, 0) is 0 Å². The van der Waals surface area contributed by atoms with Gasteiger partial charge >= 0.3 is 0 Å². The van der Waals surface area contributed by atoms with Crippen molar-refractivity contribution < 1.29 is 5.11 Å². The molecule has 0 bridgehead atoms. The Morgan fingerprint density at radius 2 is 2.33 bits per heavy atom. The molecule has 0 saturated carbocycles. The van der Waals surface area contributed by atoms with Crippen molar-refractivity contribution in [3.8, 4) is 12.3 Å². The van der Waals surface area contributed by atoms with E-state index >= 15 is 0 Å². The number of unbranched alkanes of at least 4 members (excludes halogenated alkanes) is 1. The third-order valence-electron chi connectivity index (χ3n) is 1.71. The van der Waals surface area contributed by atoms with Crippen LogP contribution in [0.1, 0.15) is 32.6 Å². The third kappa shape index (κ3) is 5.65. The topological polar surface area (TPSA) is 20.2 Å². The summed E-state index contributed by atoms with van der Waals surface area (Å²) < 4.78 is 0. The first-order valence-electron chi connectivity index (χ1n) is 4.33. The van der Waals surface area contributed by atoms with E-state index in [4.69, 9.17) is 11.5 Å². The Morgan fingerprint density at radius 3 is 2.83 bits per heavy atom. The Hall–Kier alpha value is -1.12. The number of rotatable bonds is 5. The molecule has 0 saturated heterocycles. The van der Waals surface area contributed by atoms with E-state index < -0.39 is 0 Å². The van der Waals surface area contributed by atoms with Crippen molar-refractivity contribution in [2.45, 2.75) is 32.6 Å². The monoisotopic (exact) mass is 164 g/mol. The largest absolute Gasteiger partial charge is 0.507 e. The number of aliphatic hydroxyl groups excluding tert-OH is 1. The summed E-state index contributed by atoms with van der Waals surface area (Å²) in [5, 5.41) is 8.39. The highest BCUT2D eigenvalue weighted by Crippen LogP contribution is 2.12. The van der Waals surface area contributed by atoms with Gasteiger partial charge in [0.2, 0.25) is 0 Å². The molecule has 0 rings (SSSR count). The van der Waals surface area contributed by atoms with Gasteiger partial charge in [-0.3, -0.25) is 0 Å². The van der Waals surface area contributed by atoms with Crippen molar-refractivity contribution in [3.05, 3.63) is 18.1 Å². The maximum absolute atomic E-state index is 8.39. The fourth-order valence-corrected chi connectivity index (χ4v) is 1.04.